The van der Waals surface area contributed by atoms with Crippen molar-refractivity contribution in [3.05, 3.63) is 18.2 Å². The third-order valence-corrected chi connectivity index (χ3v) is 2.55. The van der Waals surface area contributed by atoms with Crippen LogP contribution in [0.5, 0.6) is 0 Å². The number of nitrogens with zero attached hydrogens (tertiary/aromatic N) is 2. The van der Waals surface area contributed by atoms with Crippen LogP contribution in [0.2, 0.25) is 0 Å². The van der Waals surface area contributed by atoms with Crippen molar-refractivity contribution in [2.24, 2.45) is 5.41 Å². The topological polar surface area (TPSA) is 98.3 Å². The molecular weight excluding hydrogens is 236 g/mol. The highest BCUT2D eigenvalue weighted by atomic mass is 16.4. The van der Waals surface area contributed by atoms with Crippen LogP contribution in [0.3, 0.4) is 0 Å². The number of imidazole rings is 1. The first-order chi connectivity index (χ1) is 8.33. The summed E-state index contributed by atoms with van der Waals surface area (Å²) in [6.45, 7) is 3.53. The summed E-state index contributed by atoms with van der Waals surface area (Å²) in [5.41, 5.74) is -0.985. The van der Waals surface area contributed by atoms with Gasteiger partial charge in [0.2, 0.25) is 0 Å². The van der Waals surface area contributed by atoms with Crippen molar-refractivity contribution >= 4 is 12.0 Å². The van der Waals surface area contributed by atoms with Gasteiger partial charge in [-0.3, -0.25) is 4.79 Å². The van der Waals surface area contributed by atoms with Crippen molar-refractivity contribution in [3.63, 3.8) is 0 Å². The summed E-state index contributed by atoms with van der Waals surface area (Å²) in [6.07, 6.45) is 3.28. The maximum Gasteiger partial charge on any atom is 0.317 e. The van der Waals surface area contributed by atoms with E-state index in [0.717, 1.165) is 0 Å². The van der Waals surface area contributed by atoms with Gasteiger partial charge in [-0.05, 0) is 13.8 Å². The van der Waals surface area contributed by atoms with Crippen LogP contribution in [-0.2, 0) is 11.3 Å². The Morgan fingerprint density at radius 1 is 1.56 bits per heavy atom. The van der Waals surface area contributed by atoms with Crippen molar-refractivity contribution in [3.8, 4) is 0 Å². The second-order valence-electron chi connectivity index (χ2n) is 4.74. The summed E-state index contributed by atoms with van der Waals surface area (Å²) in [5.74, 6) is -0.276. The van der Waals surface area contributed by atoms with Gasteiger partial charge in [0.05, 0.1) is 12.0 Å². The first-order valence-corrected chi connectivity index (χ1v) is 5.53. The average molecular weight is 254 g/mol. The van der Waals surface area contributed by atoms with E-state index in [1.807, 2.05) is 0 Å². The van der Waals surface area contributed by atoms with Gasteiger partial charge in [0.25, 0.3) is 0 Å². The molecule has 7 heteroatoms. The van der Waals surface area contributed by atoms with Crippen molar-refractivity contribution < 1.29 is 14.7 Å². The minimum atomic E-state index is -0.985. The quantitative estimate of drug-likeness (QED) is 0.719. The van der Waals surface area contributed by atoms with Gasteiger partial charge in [0.15, 0.2) is 0 Å². The molecule has 0 aliphatic rings. The molecule has 0 unspecified atom stereocenters. The number of aromatic amines is 1. The lowest BCUT2D eigenvalue weighted by Gasteiger charge is -2.22. The van der Waals surface area contributed by atoms with Gasteiger partial charge in [-0.15, -0.1) is 0 Å². The third kappa shape index (κ3) is 3.76. The zero-order chi connectivity index (χ0) is 13.8. The number of aliphatic carboxylic acids is 1. The monoisotopic (exact) mass is 254 g/mol. The van der Waals surface area contributed by atoms with E-state index in [0.29, 0.717) is 12.4 Å². The fourth-order valence-electron chi connectivity index (χ4n) is 1.19. The van der Waals surface area contributed by atoms with Crippen molar-refractivity contribution in [1.29, 1.82) is 0 Å². The van der Waals surface area contributed by atoms with Crippen molar-refractivity contribution in [2.45, 2.75) is 20.4 Å². The van der Waals surface area contributed by atoms with Crippen LogP contribution in [0.15, 0.2) is 12.4 Å². The molecule has 18 heavy (non-hydrogen) atoms. The number of carbonyl (C=O) groups is 2. The predicted molar refractivity (Wildman–Crippen MR) is 64.9 cm³/mol. The Bertz CT molecular complexity index is 414. The highest BCUT2D eigenvalue weighted by Crippen LogP contribution is 2.13. The van der Waals surface area contributed by atoms with E-state index in [1.54, 1.807) is 33.3 Å². The van der Waals surface area contributed by atoms with Crippen molar-refractivity contribution in [2.75, 3.05) is 13.6 Å². The van der Waals surface area contributed by atoms with Gasteiger partial charge < -0.3 is 20.3 Å². The number of nitrogens with one attached hydrogen (secondary N) is 2. The molecule has 1 aromatic heterocycles. The van der Waals surface area contributed by atoms with Crippen LogP contribution in [0.25, 0.3) is 0 Å². The van der Waals surface area contributed by atoms with Crippen LogP contribution in [-0.4, -0.2) is 45.6 Å². The molecule has 0 aliphatic heterocycles. The standard InChI is InChI=1S/C11H18N4O3/c1-11(2,9(16)17)7-14-10(18)15(3)6-8-12-4-5-13-8/h4-5H,6-7H2,1-3H3,(H,12,13)(H,14,18)(H,16,17). The summed E-state index contributed by atoms with van der Waals surface area (Å²) in [5, 5.41) is 11.5. The molecule has 1 heterocycles. The number of hydrogen-bond acceptors (Lipinski definition) is 3. The van der Waals surface area contributed by atoms with E-state index < -0.39 is 11.4 Å². The first kappa shape index (κ1) is 14.0. The highest BCUT2D eigenvalue weighted by molar-refractivity contribution is 5.77. The second kappa shape index (κ2) is 5.52. The molecule has 0 saturated heterocycles. The lowest BCUT2D eigenvalue weighted by molar-refractivity contribution is -0.146. The Hall–Kier alpha value is -2.05. The van der Waals surface area contributed by atoms with E-state index >= 15 is 0 Å². The van der Waals surface area contributed by atoms with Crippen LogP contribution in [0.1, 0.15) is 19.7 Å². The summed E-state index contributed by atoms with van der Waals surface area (Å²) >= 11 is 0. The number of H-pyrrole nitrogens is 1. The first-order valence-electron chi connectivity index (χ1n) is 5.53. The summed E-state index contributed by atoms with van der Waals surface area (Å²) in [4.78, 5) is 30.9. The van der Waals surface area contributed by atoms with E-state index in [1.165, 1.54) is 4.90 Å². The Labute approximate surface area is 105 Å². The zero-order valence-electron chi connectivity index (χ0n) is 10.7. The third-order valence-electron chi connectivity index (χ3n) is 2.55. The van der Waals surface area contributed by atoms with E-state index in [2.05, 4.69) is 15.3 Å². The molecule has 0 fully saturated rings. The van der Waals surface area contributed by atoms with Gasteiger partial charge in [-0.2, -0.15) is 0 Å². The maximum atomic E-state index is 11.7. The lowest BCUT2D eigenvalue weighted by Crippen LogP contribution is -2.44. The van der Waals surface area contributed by atoms with Gasteiger partial charge in [0.1, 0.15) is 5.82 Å². The number of amides is 2. The summed E-state index contributed by atoms with van der Waals surface area (Å²) < 4.78 is 0. The molecule has 0 saturated carbocycles. The van der Waals surface area contributed by atoms with Crippen LogP contribution in [0.4, 0.5) is 4.79 Å². The molecule has 100 valence electrons. The number of hydrogen-bond donors (Lipinski definition) is 3. The minimum Gasteiger partial charge on any atom is -0.481 e. The molecule has 3 N–H and O–H groups in total. The Kier molecular flexibility index (Phi) is 4.30. The predicted octanol–water partition coefficient (Wildman–Crippen LogP) is 0.662. The summed E-state index contributed by atoms with van der Waals surface area (Å²) in [7, 11) is 1.62. The van der Waals surface area contributed by atoms with Crippen LogP contribution >= 0.6 is 0 Å². The van der Waals surface area contributed by atoms with Crippen LogP contribution < -0.4 is 5.32 Å². The Balaban J connectivity index is 2.43. The molecule has 0 bridgehead atoms. The second-order valence-corrected chi connectivity index (χ2v) is 4.74. The molecule has 2 amide bonds. The number of urea groups is 1. The lowest BCUT2D eigenvalue weighted by atomic mass is 9.94. The molecule has 7 nitrogen and oxygen atoms in total. The maximum absolute atomic E-state index is 11.7. The molecule has 0 spiro atoms. The molecule has 1 rings (SSSR count). The molecule has 0 aliphatic carbocycles. The van der Waals surface area contributed by atoms with Crippen LogP contribution in [0, 0.1) is 5.41 Å². The normalized spacial score (nSPS) is 11.1. The van der Waals surface area contributed by atoms with Gasteiger partial charge >= 0.3 is 12.0 Å². The van der Waals surface area contributed by atoms with E-state index in [9.17, 15) is 9.59 Å². The summed E-state index contributed by atoms with van der Waals surface area (Å²) in [6, 6.07) is -0.333. The largest absolute Gasteiger partial charge is 0.481 e. The fourth-order valence-corrected chi connectivity index (χ4v) is 1.19. The smallest absolute Gasteiger partial charge is 0.317 e. The number of rotatable bonds is 5. The number of carboxylic acids is 1. The molecular formula is C11H18N4O3. The van der Waals surface area contributed by atoms with Gasteiger partial charge in [-0.1, -0.05) is 0 Å². The Morgan fingerprint density at radius 3 is 2.72 bits per heavy atom. The number of carboxylic acid groups (broad SMARTS) is 1. The van der Waals surface area contributed by atoms with Gasteiger partial charge in [0, 0.05) is 26.0 Å². The van der Waals surface area contributed by atoms with Crippen molar-refractivity contribution in [1.82, 2.24) is 20.2 Å². The highest BCUT2D eigenvalue weighted by Gasteiger charge is 2.28. The molecule has 0 radical (unpaired) electrons. The minimum absolute atomic E-state index is 0.0731. The number of aromatic nitrogens is 2. The fraction of sp³-hybridized carbons (Fsp3) is 0.545. The average Bonchev–Trinajstić information content (AvgIpc) is 2.78. The molecule has 1 aromatic rings. The Morgan fingerprint density at radius 2 is 2.22 bits per heavy atom. The molecule has 0 aromatic carbocycles. The van der Waals surface area contributed by atoms with E-state index in [-0.39, 0.29) is 12.6 Å². The number of carbonyl (C=O) groups excluding carboxylic acids is 1. The SMILES string of the molecule is CN(Cc1ncc[nH]1)C(=O)NCC(C)(C)C(=O)O. The molecule has 0 atom stereocenters. The van der Waals surface area contributed by atoms with Gasteiger partial charge in [-0.25, -0.2) is 9.78 Å². The zero-order valence-corrected chi connectivity index (χ0v) is 10.7. The van der Waals surface area contributed by atoms with E-state index in [4.69, 9.17) is 5.11 Å².